The van der Waals surface area contributed by atoms with Gasteiger partial charge < -0.3 is 14.8 Å². The molecule has 0 aliphatic carbocycles. The molecule has 3 aromatic carbocycles. The molecule has 1 amide bonds. The highest BCUT2D eigenvalue weighted by molar-refractivity contribution is 7.89. The summed E-state index contributed by atoms with van der Waals surface area (Å²) in [4.78, 5) is 12.4. The van der Waals surface area contributed by atoms with E-state index in [0.29, 0.717) is 23.8 Å². The summed E-state index contributed by atoms with van der Waals surface area (Å²) in [5.74, 6) is 0.622. The van der Waals surface area contributed by atoms with E-state index in [-0.39, 0.29) is 24.0 Å². The Morgan fingerprint density at radius 1 is 0.906 bits per heavy atom. The number of carbonyl (C=O) groups excluding carboxylic acids is 1. The number of rotatable bonds is 10. The van der Waals surface area contributed by atoms with Crippen molar-refractivity contribution in [2.45, 2.75) is 18.4 Å². The number of hydrogen-bond acceptors (Lipinski definition) is 5. The molecule has 0 aromatic heterocycles. The summed E-state index contributed by atoms with van der Waals surface area (Å²) >= 11 is 0. The van der Waals surface area contributed by atoms with Gasteiger partial charge >= 0.3 is 0 Å². The first kappa shape index (κ1) is 23.3. The highest BCUT2D eigenvalue weighted by Gasteiger charge is 2.21. The molecule has 0 bridgehead atoms. The third-order valence-electron chi connectivity index (χ3n) is 4.61. The van der Waals surface area contributed by atoms with Crippen LogP contribution in [0.1, 0.15) is 12.5 Å². The molecule has 0 atom stereocenters. The van der Waals surface area contributed by atoms with Crippen molar-refractivity contribution in [3.8, 4) is 11.5 Å². The lowest BCUT2D eigenvalue weighted by Crippen LogP contribution is -2.26. The van der Waals surface area contributed by atoms with Crippen molar-refractivity contribution in [2.75, 3.05) is 25.6 Å². The average molecular weight is 455 g/mol. The standard InChI is InChI=1S/C24H26N2O5S/c1-3-30-23-12-8-7-11-22(23)25-24(27)18-31-20-13-15-21(16-14-20)32(28,29)26(2)17-19-9-5-4-6-10-19/h4-16H,3,17-18H2,1-2H3,(H,25,27). The van der Waals surface area contributed by atoms with Crippen molar-refractivity contribution in [1.29, 1.82) is 0 Å². The van der Waals surface area contributed by atoms with E-state index in [1.807, 2.05) is 43.3 Å². The van der Waals surface area contributed by atoms with Crippen LogP contribution in [-0.4, -0.2) is 38.9 Å². The molecule has 0 heterocycles. The summed E-state index contributed by atoms with van der Waals surface area (Å²) in [6.45, 7) is 2.40. The number of nitrogens with one attached hydrogen (secondary N) is 1. The molecule has 0 spiro atoms. The molecule has 32 heavy (non-hydrogen) atoms. The van der Waals surface area contributed by atoms with E-state index in [9.17, 15) is 13.2 Å². The van der Waals surface area contributed by atoms with Gasteiger partial charge in [-0.15, -0.1) is 0 Å². The van der Waals surface area contributed by atoms with Gasteiger partial charge in [-0.2, -0.15) is 4.31 Å². The van der Waals surface area contributed by atoms with Crippen molar-refractivity contribution in [1.82, 2.24) is 4.31 Å². The summed E-state index contributed by atoms with van der Waals surface area (Å²) in [6, 6.07) is 22.5. The highest BCUT2D eigenvalue weighted by Crippen LogP contribution is 2.24. The lowest BCUT2D eigenvalue weighted by Gasteiger charge is -2.17. The molecule has 0 saturated heterocycles. The summed E-state index contributed by atoms with van der Waals surface area (Å²) < 4.78 is 37.9. The SMILES string of the molecule is CCOc1ccccc1NC(=O)COc1ccc(S(=O)(=O)N(C)Cc2ccccc2)cc1. The molecule has 1 N–H and O–H groups in total. The molecule has 7 nitrogen and oxygen atoms in total. The van der Waals surface area contributed by atoms with Crippen LogP contribution in [0.3, 0.4) is 0 Å². The third kappa shape index (κ3) is 6.09. The summed E-state index contributed by atoms with van der Waals surface area (Å²) in [7, 11) is -2.11. The van der Waals surface area contributed by atoms with Gasteiger partial charge in [-0.3, -0.25) is 4.79 Å². The van der Waals surface area contributed by atoms with Crippen molar-refractivity contribution >= 4 is 21.6 Å². The molecular formula is C24H26N2O5S. The van der Waals surface area contributed by atoms with Gasteiger partial charge in [0.1, 0.15) is 11.5 Å². The molecule has 168 valence electrons. The number of anilines is 1. The monoisotopic (exact) mass is 454 g/mol. The van der Waals surface area contributed by atoms with E-state index < -0.39 is 10.0 Å². The zero-order chi connectivity index (χ0) is 23.0. The molecule has 0 fully saturated rings. The summed E-state index contributed by atoms with van der Waals surface area (Å²) in [5, 5.41) is 2.75. The smallest absolute Gasteiger partial charge is 0.262 e. The Labute approximate surface area is 188 Å². The van der Waals surface area contributed by atoms with Crippen LogP contribution in [0.15, 0.2) is 83.8 Å². The molecule has 0 unspecified atom stereocenters. The number of sulfonamides is 1. The first-order valence-electron chi connectivity index (χ1n) is 10.1. The Kier molecular flexibility index (Phi) is 7.86. The molecule has 0 saturated carbocycles. The van der Waals surface area contributed by atoms with Crippen LogP contribution >= 0.6 is 0 Å². The van der Waals surface area contributed by atoms with Crippen LogP contribution in [0.4, 0.5) is 5.69 Å². The van der Waals surface area contributed by atoms with E-state index in [1.165, 1.54) is 35.6 Å². The second-order valence-electron chi connectivity index (χ2n) is 6.98. The fourth-order valence-electron chi connectivity index (χ4n) is 3.00. The Morgan fingerprint density at radius 3 is 2.25 bits per heavy atom. The lowest BCUT2D eigenvalue weighted by molar-refractivity contribution is -0.118. The van der Waals surface area contributed by atoms with E-state index >= 15 is 0 Å². The second-order valence-corrected chi connectivity index (χ2v) is 9.03. The van der Waals surface area contributed by atoms with Gasteiger partial charge in [0.25, 0.3) is 5.91 Å². The highest BCUT2D eigenvalue weighted by atomic mass is 32.2. The summed E-state index contributed by atoms with van der Waals surface area (Å²) in [5.41, 5.74) is 1.46. The second kappa shape index (κ2) is 10.8. The average Bonchev–Trinajstić information content (AvgIpc) is 2.80. The van der Waals surface area contributed by atoms with Gasteiger partial charge in [0.05, 0.1) is 17.2 Å². The first-order valence-corrected chi connectivity index (χ1v) is 11.6. The zero-order valence-electron chi connectivity index (χ0n) is 18.0. The number of carbonyl (C=O) groups is 1. The lowest BCUT2D eigenvalue weighted by atomic mass is 10.2. The third-order valence-corrected chi connectivity index (χ3v) is 6.43. The zero-order valence-corrected chi connectivity index (χ0v) is 18.8. The van der Waals surface area contributed by atoms with Crippen molar-refractivity contribution in [3.63, 3.8) is 0 Å². The minimum Gasteiger partial charge on any atom is -0.492 e. The van der Waals surface area contributed by atoms with Crippen LogP contribution in [0.2, 0.25) is 0 Å². The maximum Gasteiger partial charge on any atom is 0.262 e. The number of hydrogen-bond donors (Lipinski definition) is 1. The molecule has 0 aliphatic heterocycles. The predicted molar refractivity (Wildman–Crippen MR) is 123 cm³/mol. The Morgan fingerprint density at radius 2 is 1.56 bits per heavy atom. The minimum atomic E-state index is -3.65. The topological polar surface area (TPSA) is 84.9 Å². The van der Waals surface area contributed by atoms with Gasteiger partial charge in [-0.05, 0) is 48.9 Å². The number of ether oxygens (including phenoxy) is 2. The fraction of sp³-hybridized carbons (Fsp3) is 0.208. The van der Waals surface area contributed by atoms with Gasteiger partial charge in [0.15, 0.2) is 6.61 Å². The number of benzene rings is 3. The van der Waals surface area contributed by atoms with Crippen LogP contribution in [0.5, 0.6) is 11.5 Å². The fourth-order valence-corrected chi connectivity index (χ4v) is 4.16. The number of amides is 1. The normalized spacial score (nSPS) is 11.2. The van der Waals surface area contributed by atoms with Crippen LogP contribution < -0.4 is 14.8 Å². The van der Waals surface area contributed by atoms with Crippen LogP contribution in [0.25, 0.3) is 0 Å². The Hall–Kier alpha value is -3.36. The van der Waals surface area contributed by atoms with Gasteiger partial charge in [0.2, 0.25) is 10.0 Å². The van der Waals surface area contributed by atoms with E-state index in [1.54, 1.807) is 18.2 Å². The number of nitrogens with zero attached hydrogens (tertiary/aromatic N) is 1. The Bertz CT molecular complexity index is 1130. The van der Waals surface area contributed by atoms with Gasteiger partial charge in [-0.25, -0.2) is 8.42 Å². The van der Waals surface area contributed by atoms with Crippen molar-refractivity contribution in [2.24, 2.45) is 0 Å². The van der Waals surface area contributed by atoms with Crippen LogP contribution in [-0.2, 0) is 21.4 Å². The van der Waals surface area contributed by atoms with Crippen LogP contribution in [0, 0.1) is 0 Å². The number of para-hydroxylation sites is 2. The molecule has 0 aliphatic rings. The van der Waals surface area contributed by atoms with E-state index in [2.05, 4.69) is 5.32 Å². The maximum absolute atomic E-state index is 12.8. The maximum atomic E-state index is 12.8. The largest absolute Gasteiger partial charge is 0.492 e. The Balaban J connectivity index is 1.58. The van der Waals surface area contributed by atoms with Gasteiger partial charge in [-0.1, -0.05) is 42.5 Å². The molecule has 0 radical (unpaired) electrons. The molecular weight excluding hydrogens is 428 g/mol. The van der Waals surface area contributed by atoms with Gasteiger partial charge in [0, 0.05) is 13.6 Å². The molecule has 8 heteroatoms. The van der Waals surface area contributed by atoms with Crippen molar-refractivity contribution < 1.29 is 22.7 Å². The quantitative estimate of drug-likeness (QED) is 0.502. The van der Waals surface area contributed by atoms with E-state index in [4.69, 9.17) is 9.47 Å². The molecule has 3 aromatic rings. The summed E-state index contributed by atoms with van der Waals surface area (Å²) in [6.07, 6.45) is 0. The molecule has 3 rings (SSSR count). The first-order chi connectivity index (χ1) is 15.4. The van der Waals surface area contributed by atoms with Crippen molar-refractivity contribution in [3.05, 3.63) is 84.4 Å². The minimum absolute atomic E-state index is 0.151. The predicted octanol–water partition coefficient (Wildman–Crippen LogP) is 3.92. The van der Waals surface area contributed by atoms with E-state index in [0.717, 1.165) is 5.56 Å².